The van der Waals surface area contributed by atoms with Gasteiger partial charge in [0.1, 0.15) is 16.7 Å². The first-order valence-corrected chi connectivity index (χ1v) is 21.9. The molecule has 10 aromatic carbocycles. The largest absolute Gasteiger partial charge is 0.456 e. The van der Waals surface area contributed by atoms with Crippen molar-refractivity contribution < 1.29 is 8.83 Å². The molecule has 2 heterocycles. The Balaban J connectivity index is 0.875. The summed E-state index contributed by atoms with van der Waals surface area (Å²) in [5.41, 5.74) is 18.9. The second kappa shape index (κ2) is 16.2. The van der Waals surface area contributed by atoms with E-state index in [9.17, 15) is 0 Å². The van der Waals surface area contributed by atoms with E-state index >= 15 is 0 Å². The Hall–Kier alpha value is -8.73. The van der Waals surface area contributed by atoms with Gasteiger partial charge in [-0.1, -0.05) is 170 Å². The molecule has 12 rings (SSSR count). The van der Waals surface area contributed by atoms with Crippen LogP contribution in [0.25, 0.3) is 100 Å². The maximum atomic E-state index is 6.46. The summed E-state index contributed by atoms with van der Waals surface area (Å²) >= 11 is 0. The number of benzene rings is 10. The van der Waals surface area contributed by atoms with Crippen LogP contribution in [-0.4, -0.2) is 4.98 Å². The first-order valence-electron chi connectivity index (χ1n) is 21.9. The number of nitrogens with zero attached hydrogens (tertiary/aromatic N) is 2. The second-order valence-corrected chi connectivity index (χ2v) is 16.4. The van der Waals surface area contributed by atoms with Crippen molar-refractivity contribution in [1.82, 2.24) is 4.98 Å². The third-order valence-electron chi connectivity index (χ3n) is 12.3. The average molecular weight is 833 g/mol. The van der Waals surface area contributed by atoms with Gasteiger partial charge in [0.15, 0.2) is 5.58 Å². The van der Waals surface area contributed by atoms with E-state index in [1.807, 2.05) is 36.4 Å². The molecular weight excluding hydrogens is 793 g/mol. The Morgan fingerprint density at radius 2 is 0.677 bits per heavy atom. The van der Waals surface area contributed by atoms with Gasteiger partial charge in [-0.3, -0.25) is 0 Å². The van der Waals surface area contributed by atoms with E-state index < -0.39 is 0 Å². The molecule has 0 atom stereocenters. The highest BCUT2D eigenvalue weighted by atomic mass is 16.4. The van der Waals surface area contributed by atoms with Crippen LogP contribution >= 0.6 is 0 Å². The van der Waals surface area contributed by atoms with Crippen LogP contribution in [-0.2, 0) is 0 Å². The van der Waals surface area contributed by atoms with E-state index in [1.54, 1.807) is 0 Å². The molecule has 0 bridgehead atoms. The highest BCUT2D eigenvalue weighted by molar-refractivity contribution is 6.09. The van der Waals surface area contributed by atoms with Gasteiger partial charge >= 0.3 is 0 Å². The van der Waals surface area contributed by atoms with E-state index in [4.69, 9.17) is 13.8 Å². The summed E-state index contributed by atoms with van der Waals surface area (Å²) in [6.07, 6.45) is 0. The predicted molar refractivity (Wildman–Crippen MR) is 269 cm³/mol. The lowest BCUT2D eigenvalue weighted by molar-refractivity contribution is 0.617. The molecule has 12 aromatic rings. The van der Waals surface area contributed by atoms with Crippen LogP contribution in [0, 0.1) is 0 Å². The van der Waals surface area contributed by atoms with Crippen molar-refractivity contribution >= 4 is 50.1 Å². The Morgan fingerprint density at radius 3 is 1.22 bits per heavy atom. The molecule has 0 aliphatic heterocycles. The quantitative estimate of drug-likeness (QED) is 0.145. The van der Waals surface area contributed by atoms with Gasteiger partial charge in [-0.2, -0.15) is 0 Å². The molecule has 0 aliphatic rings. The molecule has 0 radical (unpaired) electrons. The number of oxazole rings is 1. The number of rotatable bonds is 9. The fourth-order valence-corrected chi connectivity index (χ4v) is 8.93. The van der Waals surface area contributed by atoms with Crippen LogP contribution in [0.1, 0.15) is 0 Å². The Kier molecular flexibility index (Phi) is 9.46. The van der Waals surface area contributed by atoms with Crippen molar-refractivity contribution in [3.63, 3.8) is 0 Å². The third-order valence-corrected chi connectivity index (χ3v) is 12.3. The molecule has 0 spiro atoms. The summed E-state index contributed by atoms with van der Waals surface area (Å²) in [5, 5.41) is 2.06. The molecule has 0 aliphatic carbocycles. The third kappa shape index (κ3) is 7.33. The van der Waals surface area contributed by atoms with E-state index in [0.29, 0.717) is 11.5 Å². The molecule has 65 heavy (non-hydrogen) atoms. The average Bonchev–Trinajstić information content (AvgIpc) is 3.97. The van der Waals surface area contributed by atoms with Gasteiger partial charge in [-0.05, 0) is 122 Å². The number of anilines is 3. The van der Waals surface area contributed by atoms with Crippen LogP contribution in [0.3, 0.4) is 0 Å². The first-order chi connectivity index (χ1) is 32.2. The highest BCUT2D eigenvalue weighted by Gasteiger charge is 2.17. The topological polar surface area (TPSA) is 42.4 Å². The van der Waals surface area contributed by atoms with E-state index in [1.165, 1.54) is 38.9 Å². The Bertz CT molecular complexity index is 3600. The summed E-state index contributed by atoms with van der Waals surface area (Å²) in [7, 11) is 0. The summed E-state index contributed by atoms with van der Waals surface area (Å²) in [6.45, 7) is 0. The summed E-state index contributed by atoms with van der Waals surface area (Å²) in [4.78, 5) is 7.14. The standard InChI is InChI=1S/C61H40N2O2/c1-4-11-41(12-5-1)43-19-21-45(22-20-43)46-27-32-52(33-28-46)63(54-18-10-17-50(37-54)47-25-23-44(24-26-47)42-13-6-2-7-14-42)53-34-29-48(30-35-53)51-31-36-55-56-39-57-60(40-59(56)64-58(55)38-51)65-61(62-57)49-15-8-3-9-16-49/h1-40H. The summed E-state index contributed by atoms with van der Waals surface area (Å²) < 4.78 is 12.6. The lowest BCUT2D eigenvalue weighted by Gasteiger charge is -2.26. The highest BCUT2D eigenvalue weighted by Crippen LogP contribution is 2.40. The number of fused-ring (bicyclic) bond motifs is 4. The number of furan rings is 1. The molecule has 0 fully saturated rings. The normalized spacial score (nSPS) is 11.4. The zero-order chi connectivity index (χ0) is 43.1. The maximum Gasteiger partial charge on any atom is 0.227 e. The van der Waals surface area contributed by atoms with Gasteiger partial charge in [0.25, 0.3) is 0 Å². The van der Waals surface area contributed by atoms with Gasteiger partial charge in [0.2, 0.25) is 5.89 Å². The van der Waals surface area contributed by atoms with Crippen LogP contribution < -0.4 is 4.90 Å². The van der Waals surface area contributed by atoms with Gasteiger partial charge in [0.05, 0.1) is 0 Å². The molecule has 0 saturated heterocycles. The molecule has 306 valence electrons. The molecule has 0 amide bonds. The second-order valence-electron chi connectivity index (χ2n) is 16.4. The molecule has 4 heteroatoms. The fraction of sp³-hybridized carbons (Fsp3) is 0. The van der Waals surface area contributed by atoms with Gasteiger partial charge in [-0.25, -0.2) is 4.98 Å². The Morgan fingerprint density at radius 1 is 0.262 bits per heavy atom. The fourth-order valence-electron chi connectivity index (χ4n) is 8.93. The molecule has 4 nitrogen and oxygen atoms in total. The zero-order valence-electron chi connectivity index (χ0n) is 35.3. The summed E-state index contributed by atoms with van der Waals surface area (Å²) in [6, 6.07) is 85.7. The van der Waals surface area contributed by atoms with Gasteiger partial charge in [0, 0.05) is 39.5 Å². The van der Waals surface area contributed by atoms with Gasteiger partial charge < -0.3 is 13.7 Å². The van der Waals surface area contributed by atoms with E-state index in [0.717, 1.165) is 66.8 Å². The molecule has 2 aromatic heterocycles. The molecule has 0 N–H and O–H groups in total. The van der Waals surface area contributed by atoms with Crippen molar-refractivity contribution in [2.75, 3.05) is 4.90 Å². The lowest BCUT2D eigenvalue weighted by Crippen LogP contribution is -2.10. The Labute approximate surface area is 377 Å². The summed E-state index contributed by atoms with van der Waals surface area (Å²) in [5.74, 6) is 0.602. The van der Waals surface area contributed by atoms with Crippen LogP contribution in [0.5, 0.6) is 0 Å². The lowest BCUT2D eigenvalue weighted by atomic mass is 9.99. The van der Waals surface area contributed by atoms with E-state index in [-0.39, 0.29) is 0 Å². The number of aromatic nitrogens is 1. The zero-order valence-corrected chi connectivity index (χ0v) is 35.3. The van der Waals surface area contributed by atoms with Crippen molar-refractivity contribution in [3.05, 3.63) is 243 Å². The minimum absolute atomic E-state index is 0.602. The first kappa shape index (κ1) is 38.0. The molecule has 0 unspecified atom stereocenters. The minimum atomic E-state index is 0.602. The van der Waals surface area contributed by atoms with Gasteiger partial charge in [-0.15, -0.1) is 0 Å². The van der Waals surface area contributed by atoms with E-state index in [2.05, 4.69) is 211 Å². The van der Waals surface area contributed by atoms with Crippen LogP contribution in [0.15, 0.2) is 251 Å². The van der Waals surface area contributed by atoms with Crippen LogP contribution in [0.4, 0.5) is 17.1 Å². The molecular formula is C61H40N2O2. The number of hydrogen-bond donors (Lipinski definition) is 0. The monoisotopic (exact) mass is 832 g/mol. The maximum absolute atomic E-state index is 6.46. The van der Waals surface area contributed by atoms with Crippen molar-refractivity contribution in [3.8, 4) is 67.1 Å². The predicted octanol–water partition coefficient (Wildman–Crippen LogP) is 17.2. The smallest absolute Gasteiger partial charge is 0.227 e. The SMILES string of the molecule is c1ccc(-c2ccc(-c3ccc(N(c4ccc(-c5ccc6c(c5)oc5cc7oc(-c8ccccc8)nc7cc56)cc4)c4cccc(-c5ccc(-c6ccccc6)cc5)c4)cc3)cc2)cc1. The van der Waals surface area contributed by atoms with Crippen LogP contribution in [0.2, 0.25) is 0 Å². The minimum Gasteiger partial charge on any atom is -0.456 e. The van der Waals surface area contributed by atoms with Crippen molar-refractivity contribution in [2.45, 2.75) is 0 Å². The van der Waals surface area contributed by atoms with Crippen molar-refractivity contribution in [1.29, 1.82) is 0 Å². The van der Waals surface area contributed by atoms with Crippen molar-refractivity contribution in [2.24, 2.45) is 0 Å². The number of hydrogen-bond acceptors (Lipinski definition) is 4. The molecule has 0 saturated carbocycles.